The van der Waals surface area contributed by atoms with Crippen LogP contribution in [0.3, 0.4) is 0 Å². The maximum absolute atomic E-state index is 13.4. The molecule has 5 nitrogen and oxygen atoms in total. The second-order valence-corrected chi connectivity index (χ2v) is 7.75. The lowest BCUT2D eigenvalue weighted by atomic mass is 10.0. The van der Waals surface area contributed by atoms with Gasteiger partial charge in [0.1, 0.15) is 0 Å². The average molecular weight is 340 g/mol. The highest BCUT2D eigenvalue weighted by atomic mass is 16.2. The fourth-order valence-corrected chi connectivity index (χ4v) is 4.63. The van der Waals surface area contributed by atoms with Gasteiger partial charge in [0.05, 0.1) is 17.3 Å². The first-order chi connectivity index (χ1) is 11.9. The molecule has 1 atom stereocenters. The van der Waals surface area contributed by atoms with Crippen molar-refractivity contribution < 1.29 is 4.79 Å². The second kappa shape index (κ2) is 5.75. The van der Waals surface area contributed by atoms with Crippen molar-refractivity contribution >= 4 is 5.91 Å². The molecular formula is C20H28N4O. The Labute approximate surface area is 149 Å². The van der Waals surface area contributed by atoms with Crippen LogP contribution in [0.5, 0.6) is 0 Å². The summed E-state index contributed by atoms with van der Waals surface area (Å²) in [5, 5.41) is 4.56. The molecule has 1 aliphatic carbocycles. The molecule has 1 aliphatic heterocycles. The summed E-state index contributed by atoms with van der Waals surface area (Å²) >= 11 is 0. The van der Waals surface area contributed by atoms with Crippen molar-refractivity contribution in [3.8, 4) is 0 Å². The van der Waals surface area contributed by atoms with Gasteiger partial charge in [-0.05, 0) is 59.4 Å². The van der Waals surface area contributed by atoms with Crippen molar-refractivity contribution in [2.75, 3.05) is 6.54 Å². The van der Waals surface area contributed by atoms with Crippen LogP contribution in [0.25, 0.3) is 0 Å². The number of aryl methyl sites for hydroxylation is 3. The molecule has 0 radical (unpaired) electrons. The summed E-state index contributed by atoms with van der Waals surface area (Å²) in [6.07, 6.45) is 4.57. The molecule has 1 saturated carbocycles. The van der Waals surface area contributed by atoms with E-state index in [0.717, 1.165) is 36.3 Å². The molecule has 4 rings (SSSR count). The smallest absolute Gasteiger partial charge is 0.256 e. The van der Waals surface area contributed by atoms with E-state index in [1.165, 1.54) is 29.8 Å². The van der Waals surface area contributed by atoms with Crippen molar-refractivity contribution in [1.29, 1.82) is 0 Å². The molecule has 2 aromatic heterocycles. The molecule has 5 heteroatoms. The van der Waals surface area contributed by atoms with Crippen LogP contribution < -0.4 is 0 Å². The maximum Gasteiger partial charge on any atom is 0.256 e. The number of likely N-dealkylation sites (tertiary alicyclic amines) is 1. The number of nitrogens with zero attached hydrogens (tertiary/aromatic N) is 4. The van der Waals surface area contributed by atoms with Gasteiger partial charge < -0.3 is 9.47 Å². The van der Waals surface area contributed by atoms with Crippen LogP contribution in [-0.2, 0) is 7.05 Å². The van der Waals surface area contributed by atoms with Gasteiger partial charge in [0, 0.05) is 42.3 Å². The van der Waals surface area contributed by atoms with Gasteiger partial charge in [-0.25, -0.2) is 0 Å². The molecule has 0 spiro atoms. The summed E-state index contributed by atoms with van der Waals surface area (Å²) in [4.78, 5) is 15.5. The third-order valence-electron chi connectivity index (χ3n) is 6.04. The van der Waals surface area contributed by atoms with E-state index in [-0.39, 0.29) is 11.9 Å². The molecule has 0 aromatic carbocycles. The maximum atomic E-state index is 13.4. The minimum absolute atomic E-state index is 0.158. The van der Waals surface area contributed by atoms with E-state index in [1.807, 2.05) is 11.7 Å². The fourth-order valence-electron chi connectivity index (χ4n) is 4.63. The SMILES string of the molecule is Cc1nn(C)c(C)c1[C@@H]1CCCN1C(=O)c1cc(C)n(C2CC2)c1C. The van der Waals surface area contributed by atoms with Gasteiger partial charge >= 0.3 is 0 Å². The first kappa shape index (κ1) is 16.4. The van der Waals surface area contributed by atoms with Crippen molar-refractivity contribution in [2.45, 2.75) is 65.5 Å². The highest BCUT2D eigenvalue weighted by Gasteiger charge is 2.36. The Bertz CT molecular complexity index is 840. The van der Waals surface area contributed by atoms with Crippen molar-refractivity contribution in [3.63, 3.8) is 0 Å². The van der Waals surface area contributed by atoms with Crippen LogP contribution in [-0.4, -0.2) is 31.7 Å². The van der Waals surface area contributed by atoms with E-state index >= 15 is 0 Å². The lowest BCUT2D eigenvalue weighted by molar-refractivity contribution is 0.0734. The van der Waals surface area contributed by atoms with E-state index in [0.29, 0.717) is 6.04 Å². The number of rotatable bonds is 3. The van der Waals surface area contributed by atoms with Gasteiger partial charge in [0.25, 0.3) is 5.91 Å². The molecule has 2 aliphatic rings. The first-order valence-corrected chi connectivity index (χ1v) is 9.39. The van der Waals surface area contributed by atoms with Gasteiger partial charge in [-0.2, -0.15) is 5.10 Å². The Morgan fingerprint density at radius 3 is 2.44 bits per heavy atom. The molecule has 1 saturated heterocycles. The molecule has 2 fully saturated rings. The lowest BCUT2D eigenvalue weighted by Gasteiger charge is -2.25. The molecule has 0 N–H and O–H groups in total. The highest BCUT2D eigenvalue weighted by Crippen LogP contribution is 2.40. The minimum atomic E-state index is 0.158. The zero-order valence-electron chi connectivity index (χ0n) is 16.0. The van der Waals surface area contributed by atoms with Crippen molar-refractivity contribution in [3.05, 3.63) is 40.0 Å². The Morgan fingerprint density at radius 2 is 1.84 bits per heavy atom. The van der Waals surface area contributed by atoms with Crippen molar-refractivity contribution in [2.24, 2.45) is 7.05 Å². The van der Waals surface area contributed by atoms with Gasteiger partial charge in [-0.1, -0.05) is 0 Å². The Morgan fingerprint density at radius 1 is 1.12 bits per heavy atom. The molecule has 2 aromatic rings. The largest absolute Gasteiger partial charge is 0.345 e. The van der Waals surface area contributed by atoms with E-state index in [4.69, 9.17) is 0 Å². The molecule has 0 unspecified atom stereocenters. The zero-order valence-corrected chi connectivity index (χ0v) is 16.0. The van der Waals surface area contributed by atoms with Crippen molar-refractivity contribution in [1.82, 2.24) is 19.2 Å². The van der Waals surface area contributed by atoms with Crippen LogP contribution in [0, 0.1) is 27.7 Å². The summed E-state index contributed by atoms with van der Waals surface area (Å²) in [5.74, 6) is 0.185. The molecule has 3 heterocycles. The Balaban J connectivity index is 1.69. The molecule has 1 amide bonds. The van der Waals surface area contributed by atoms with E-state index in [2.05, 4.69) is 48.3 Å². The van der Waals surface area contributed by atoms with Gasteiger partial charge in [-0.15, -0.1) is 0 Å². The second-order valence-electron chi connectivity index (χ2n) is 7.75. The van der Waals surface area contributed by atoms with Crippen LogP contribution in [0.2, 0.25) is 0 Å². The third kappa shape index (κ3) is 2.52. The predicted molar refractivity (Wildman–Crippen MR) is 97.9 cm³/mol. The lowest BCUT2D eigenvalue weighted by Crippen LogP contribution is -2.31. The number of carbonyl (C=O) groups is 1. The van der Waals surface area contributed by atoms with Crippen LogP contribution in [0.15, 0.2) is 6.07 Å². The monoisotopic (exact) mass is 340 g/mol. The summed E-state index contributed by atoms with van der Waals surface area (Å²) < 4.78 is 4.30. The Hall–Kier alpha value is -2.04. The number of aromatic nitrogens is 3. The van der Waals surface area contributed by atoms with Crippen LogP contribution in [0.4, 0.5) is 0 Å². The first-order valence-electron chi connectivity index (χ1n) is 9.39. The third-order valence-corrected chi connectivity index (χ3v) is 6.04. The average Bonchev–Trinajstić information content (AvgIpc) is 3.11. The number of amides is 1. The summed E-state index contributed by atoms with van der Waals surface area (Å²) in [6, 6.07) is 2.86. The number of carbonyl (C=O) groups excluding carboxylic acids is 1. The predicted octanol–water partition coefficient (Wildman–Crippen LogP) is 3.77. The highest BCUT2D eigenvalue weighted by molar-refractivity contribution is 5.96. The molecule has 25 heavy (non-hydrogen) atoms. The molecule has 134 valence electrons. The Kier molecular flexibility index (Phi) is 3.78. The number of hydrogen-bond acceptors (Lipinski definition) is 2. The van der Waals surface area contributed by atoms with Crippen LogP contribution in [0.1, 0.15) is 76.5 Å². The minimum Gasteiger partial charge on any atom is -0.345 e. The van der Waals surface area contributed by atoms with Crippen LogP contribution >= 0.6 is 0 Å². The number of hydrogen-bond donors (Lipinski definition) is 0. The van der Waals surface area contributed by atoms with Gasteiger partial charge in [0.2, 0.25) is 0 Å². The summed E-state index contributed by atoms with van der Waals surface area (Å²) in [7, 11) is 1.98. The van der Waals surface area contributed by atoms with E-state index in [1.54, 1.807) is 0 Å². The molecule has 0 bridgehead atoms. The summed E-state index contributed by atoms with van der Waals surface area (Å²) in [5.41, 5.74) is 6.70. The van der Waals surface area contributed by atoms with E-state index in [9.17, 15) is 4.79 Å². The van der Waals surface area contributed by atoms with Gasteiger partial charge in [0.15, 0.2) is 0 Å². The van der Waals surface area contributed by atoms with E-state index < -0.39 is 0 Å². The standard InChI is InChI=1S/C20H28N4O/c1-12-11-17(14(3)24(12)16-8-9-16)20(25)23-10-6-7-18(23)19-13(2)21-22(5)15(19)4/h11,16,18H,6-10H2,1-5H3/t18-/m0/s1. The normalized spacial score (nSPS) is 20.5. The van der Waals surface area contributed by atoms with Gasteiger partial charge in [-0.3, -0.25) is 9.48 Å². The quantitative estimate of drug-likeness (QED) is 0.854. The fraction of sp³-hybridized carbons (Fsp3) is 0.600. The zero-order chi connectivity index (χ0) is 17.9. The molecular weight excluding hydrogens is 312 g/mol. The summed E-state index contributed by atoms with van der Waals surface area (Å²) in [6.45, 7) is 9.23. The topological polar surface area (TPSA) is 43.1 Å².